The van der Waals surface area contributed by atoms with Gasteiger partial charge in [-0.25, -0.2) is 4.98 Å². The molecule has 0 unspecified atom stereocenters. The van der Waals surface area contributed by atoms with E-state index in [1.54, 1.807) is 0 Å². The normalized spacial score (nSPS) is 9.50. The van der Waals surface area contributed by atoms with Crippen LogP contribution in [0.5, 0.6) is 5.88 Å². The van der Waals surface area contributed by atoms with Crippen molar-refractivity contribution >= 4 is 17.6 Å². The highest BCUT2D eigenvalue weighted by atomic mass is 35.5. The standard InChI is InChI=1S/C6H5ClN2O3/c1-12-4-2-3(5(10)11)8-6(7)9-4/h2H,1H3,(H,10,11)/p-1. The highest BCUT2D eigenvalue weighted by Crippen LogP contribution is 2.11. The first kappa shape index (κ1) is 8.73. The van der Waals surface area contributed by atoms with Gasteiger partial charge in [-0.05, 0) is 11.6 Å². The third kappa shape index (κ3) is 1.82. The summed E-state index contributed by atoms with van der Waals surface area (Å²) in [7, 11) is 1.34. The van der Waals surface area contributed by atoms with E-state index >= 15 is 0 Å². The molecule has 0 aliphatic heterocycles. The van der Waals surface area contributed by atoms with Crippen LogP contribution in [0, 0.1) is 0 Å². The van der Waals surface area contributed by atoms with Crippen molar-refractivity contribution in [2.45, 2.75) is 0 Å². The van der Waals surface area contributed by atoms with E-state index in [1.165, 1.54) is 7.11 Å². The van der Waals surface area contributed by atoms with Gasteiger partial charge in [0.05, 0.1) is 18.8 Å². The van der Waals surface area contributed by atoms with E-state index in [2.05, 4.69) is 14.7 Å². The molecule has 1 heterocycles. The number of carboxylic acid groups (broad SMARTS) is 1. The topological polar surface area (TPSA) is 75.1 Å². The van der Waals surface area contributed by atoms with Crippen LogP contribution in [-0.2, 0) is 0 Å². The van der Waals surface area contributed by atoms with Gasteiger partial charge in [-0.2, -0.15) is 4.98 Å². The number of aromatic carboxylic acids is 1. The lowest BCUT2D eigenvalue weighted by atomic mass is 10.4. The van der Waals surface area contributed by atoms with Gasteiger partial charge in [-0.3, -0.25) is 0 Å². The molecule has 0 radical (unpaired) electrons. The number of methoxy groups -OCH3 is 1. The molecule has 1 rings (SSSR count). The molecule has 5 nitrogen and oxygen atoms in total. The Morgan fingerprint density at radius 3 is 2.83 bits per heavy atom. The van der Waals surface area contributed by atoms with Crippen LogP contribution in [0.2, 0.25) is 5.28 Å². The Morgan fingerprint density at radius 1 is 1.67 bits per heavy atom. The summed E-state index contributed by atoms with van der Waals surface area (Å²) in [6.07, 6.45) is 0. The minimum atomic E-state index is -1.42. The Kier molecular flexibility index (Phi) is 2.44. The summed E-state index contributed by atoms with van der Waals surface area (Å²) in [6.45, 7) is 0. The maximum atomic E-state index is 10.3. The van der Waals surface area contributed by atoms with Crippen molar-refractivity contribution in [3.05, 3.63) is 17.0 Å². The van der Waals surface area contributed by atoms with Crippen LogP contribution in [-0.4, -0.2) is 23.0 Å². The first-order valence-electron chi connectivity index (χ1n) is 2.93. The summed E-state index contributed by atoms with van der Waals surface area (Å²) in [4.78, 5) is 17.3. The predicted molar refractivity (Wildman–Crippen MR) is 37.9 cm³/mol. The largest absolute Gasteiger partial charge is 0.543 e. The number of aromatic nitrogens is 2. The third-order valence-electron chi connectivity index (χ3n) is 1.09. The summed E-state index contributed by atoms with van der Waals surface area (Å²) in [5, 5.41) is 10.1. The first-order valence-corrected chi connectivity index (χ1v) is 3.31. The van der Waals surface area contributed by atoms with E-state index in [1.807, 2.05) is 0 Å². The number of hydrogen-bond donors (Lipinski definition) is 0. The zero-order valence-corrected chi connectivity index (χ0v) is 6.83. The van der Waals surface area contributed by atoms with Crippen molar-refractivity contribution in [3.63, 3.8) is 0 Å². The maximum Gasteiger partial charge on any atom is 0.226 e. The lowest BCUT2D eigenvalue weighted by molar-refractivity contribution is -0.255. The monoisotopic (exact) mass is 187 g/mol. The average Bonchev–Trinajstić information content (AvgIpc) is 2.03. The second kappa shape index (κ2) is 3.36. The maximum absolute atomic E-state index is 10.3. The van der Waals surface area contributed by atoms with Gasteiger partial charge in [0.1, 0.15) is 0 Å². The second-order valence-corrected chi connectivity index (χ2v) is 2.19. The fourth-order valence-electron chi connectivity index (χ4n) is 0.606. The summed E-state index contributed by atoms with van der Waals surface area (Å²) in [5.41, 5.74) is -0.299. The number of hydrogen-bond acceptors (Lipinski definition) is 5. The van der Waals surface area contributed by atoms with Gasteiger partial charge >= 0.3 is 0 Å². The molecule has 12 heavy (non-hydrogen) atoms. The predicted octanol–water partition coefficient (Wildman–Crippen LogP) is -0.498. The quantitative estimate of drug-likeness (QED) is 0.584. The third-order valence-corrected chi connectivity index (χ3v) is 1.26. The lowest BCUT2D eigenvalue weighted by Gasteiger charge is -2.03. The fraction of sp³-hybridized carbons (Fsp3) is 0.167. The lowest BCUT2D eigenvalue weighted by Crippen LogP contribution is -2.23. The highest BCUT2D eigenvalue weighted by molar-refractivity contribution is 6.28. The van der Waals surface area contributed by atoms with Crippen molar-refractivity contribution < 1.29 is 14.6 Å². The van der Waals surface area contributed by atoms with Crippen molar-refractivity contribution in [2.24, 2.45) is 0 Å². The molecule has 1 aromatic heterocycles. The molecule has 0 saturated carbocycles. The molecule has 0 aliphatic rings. The van der Waals surface area contributed by atoms with E-state index in [9.17, 15) is 9.90 Å². The van der Waals surface area contributed by atoms with Crippen LogP contribution in [0.1, 0.15) is 10.5 Å². The first-order chi connectivity index (χ1) is 5.63. The smallest absolute Gasteiger partial charge is 0.226 e. The zero-order chi connectivity index (χ0) is 9.14. The average molecular weight is 188 g/mol. The Labute approximate surface area is 73.0 Å². The fourth-order valence-corrected chi connectivity index (χ4v) is 0.780. The highest BCUT2D eigenvalue weighted by Gasteiger charge is 2.02. The molecule has 0 amide bonds. The molecular weight excluding hydrogens is 184 g/mol. The summed E-state index contributed by atoms with van der Waals surface area (Å²) < 4.78 is 4.66. The number of carbonyl (C=O) groups excluding carboxylic acids is 1. The van der Waals surface area contributed by atoms with Crippen molar-refractivity contribution in [3.8, 4) is 5.88 Å². The van der Waals surface area contributed by atoms with Gasteiger partial charge in [0.15, 0.2) is 0 Å². The van der Waals surface area contributed by atoms with Crippen molar-refractivity contribution in [1.29, 1.82) is 0 Å². The summed E-state index contributed by atoms with van der Waals surface area (Å²) in [6, 6.07) is 1.13. The minimum Gasteiger partial charge on any atom is -0.543 e. The molecule has 0 atom stereocenters. The number of rotatable bonds is 2. The van der Waals surface area contributed by atoms with Gasteiger partial charge in [-0.15, -0.1) is 0 Å². The van der Waals surface area contributed by atoms with E-state index in [4.69, 9.17) is 11.6 Å². The van der Waals surface area contributed by atoms with Gasteiger partial charge in [0.25, 0.3) is 0 Å². The Bertz CT molecular complexity index is 316. The zero-order valence-electron chi connectivity index (χ0n) is 6.07. The molecule has 6 heteroatoms. The molecule has 0 bridgehead atoms. The molecule has 0 N–H and O–H groups in total. The van der Waals surface area contributed by atoms with Crippen LogP contribution < -0.4 is 9.84 Å². The van der Waals surface area contributed by atoms with Gasteiger partial charge < -0.3 is 14.6 Å². The summed E-state index contributed by atoms with van der Waals surface area (Å²) in [5.74, 6) is -1.33. The van der Waals surface area contributed by atoms with Gasteiger partial charge in [0, 0.05) is 6.07 Å². The van der Waals surface area contributed by atoms with E-state index in [-0.39, 0.29) is 16.9 Å². The SMILES string of the molecule is COc1cc(C(=O)[O-])nc(Cl)n1. The number of carboxylic acids is 1. The Balaban J connectivity index is 3.15. The van der Waals surface area contributed by atoms with Gasteiger partial charge in [0.2, 0.25) is 11.2 Å². The Morgan fingerprint density at radius 2 is 2.33 bits per heavy atom. The second-order valence-electron chi connectivity index (χ2n) is 1.85. The van der Waals surface area contributed by atoms with Gasteiger partial charge in [-0.1, -0.05) is 0 Å². The van der Waals surface area contributed by atoms with E-state index < -0.39 is 5.97 Å². The van der Waals surface area contributed by atoms with Crippen LogP contribution in [0.3, 0.4) is 0 Å². The van der Waals surface area contributed by atoms with Crippen LogP contribution in [0.15, 0.2) is 6.07 Å². The van der Waals surface area contributed by atoms with E-state index in [0.29, 0.717) is 0 Å². The minimum absolute atomic E-state index is 0.0919. The number of carbonyl (C=O) groups is 1. The molecule has 1 aromatic rings. The molecule has 0 aromatic carbocycles. The molecule has 0 spiro atoms. The van der Waals surface area contributed by atoms with Crippen LogP contribution in [0.25, 0.3) is 0 Å². The van der Waals surface area contributed by atoms with Crippen LogP contribution in [0.4, 0.5) is 0 Å². The van der Waals surface area contributed by atoms with Crippen LogP contribution >= 0.6 is 11.6 Å². The molecule has 0 aliphatic carbocycles. The molecule has 64 valence electrons. The van der Waals surface area contributed by atoms with Crippen molar-refractivity contribution in [2.75, 3.05) is 7.11 Å². The molecule has 0 fully saturated rings. The van der Waals surface area contributed by atoms with E-state index in [0.717, 1.165) is 6.07 Å². The number of nitrogens with zero attached hydrogens (tertiary/aromatic N) is 2. The molecular formula is C6H4ClN2O3-. The van der Waals surface area contributed by atoms with Crippen molar-refractivity contribution in [1.82, 2.24) is 9.97 Å². The number of halogens is 1. The number of ether oxygens (including phenoxy) is 1. The molecule has 0 saturated heterocycles. The summed E-state index contributed by atoms with van der Waals surface area (Å²) >= 11 is 5.38. The Hall–Kier alpha value is -1.36.